The Labute approximate surface area is 215 Å². The molecule has 2 aliphatic heterocycles. The fourth-order valence-electron chi connectivity index (χ4n) is 4.96. The van der Waals surface area contributed by atoms with Crippen molar-refractivity contribution in [3.63, 3.8) is 0 Å². The van der Waals surface area contributed by atoms with E-state index in [2.05, 4.69) is 15.0 Å². The molecule has 5 rings (SSSR count). The van der Waals surface area contributed by atoms with E-state index < -0.39 is 65.3 Å². The third kappa shape index (κ3) is 4.05. The van der Waals surface area contributed by atoms with E-state index in [1.54, 1.807) is 36.5 Å². The van der Waals surface area contributed by atoms with Crippen molar-refractivity contribution < 1.29 is 40.3 Å². The zero-order chi connectivity index (χ0) is 28.3. The van der Waals surface area contributed by atoms with Gasteiger partial charge in [-0.2, -0.15) is 26.3 Å². The highest BCUT2D eigenvalue weighted by Crippen LogP contribution is 2.53. The number of alkyl halides is 6. The first kappa shape index (κ1) is 26.4. The summed E-state index contributed by atoms with van der Waals surface area (Å²) in [6.07, 6.45) is -12.4. The van der Waals surface area contributed by atoms with Crippen molar-refractivity contribution >= 4 is 34.5 Å². The maximum Gasteiger partial charge on any atom is 0.423 e. The van der Waals surface area contributed by atoms with Crippen LogP contribution >= 0.6 is 0 Å². The molecule has 39 heavy (non-hydrogen) atoms. The lowest BCUT2D eigenvalue weighted by Gasteiger charge is -2.45. The molecule has 3 heterocycles. The number of carbonyl (C=O) groups excluding carboxylic acids is 2. The predicted octanol–water partition coefficient (Wildman–Crippen LogP) is 5.05. The Morgan fingerprint density at radius 2 is 1.62 bits per heavy atom. The van der Waals surface area contributed by atoms with Crippen LogP contribution in [0.2, 0.25) is 0 Å². The molecule has 7 nitrogen and oxygen atoms in total. The van der Waals surface area contributed by atoms with Crippen LogP contribution in [0.1, 0.15) is 16.8 Å². The first-order valence-corrected chi connectivity index (χ1v) is 11.5. The molecule has 2 N–H and O–H groups in total. The lowest BCUT2D eigenvalue weighted by molar-refractivity contribution is -0.302. The molecule has 3 amide bonds. The minimum absolute atomic E-state index is 0.0135. The molecule has 1 aromatic heterocycles. The highest BCUT2D eigenvalue weighted by molar-refractivity contribution is 6.23. The van der Waals surface area contributed by atoms with Gasteiger partial charge in [0, 0.05) is 23.1 Å². The van der Waals surface area contributed by atoms with Crippen molar-refractivity contribution in [2.45, 2.75) is 31.2 Å². The molecule has 0 bridgehead atoms. The summed E-state index contributed by atoms with van der Waals surface area (Å²) >= 11 is 0. The number of fused-ring (bicyclic) bond motifs is 2. The van der Waals surface area contributed by atoms with E-state index >= 15 is 0 Å². The minimum Gasteiger partial charge on any atom is -0.358 e. The van der Waals surface area contributed by atoms with E-state index in [1.807, 2.05) is 0 Å². The topological polar surface area (TPSA) is 89.9 Å². The number of nitrogens with zero attached hydrogens (tertiary/aromatic N) is 3. The number of nitrogens with one attached hydrogen (secondary N) is 2. The van der Waals surface area contributed by atoms with Crippen molar-refractivity contribution in [1.82, 2.24) is 15.2 Å². The van der Waals surface area contributed by atoms with Gasteiger partial charge in [-0.3, -0.25) is 15.0 Å². The normalized spacial score (nSPS) is 19.5. The Kier molecular flexibility index (Phi) is 6.03. The molecule has 1 saturated heterocycles. The van der Waals surface area contributed by atoms with Gasteiger partial charge in [-0.25, -0.2) is 19.2 Å². The number of halogens is 7. The second kappa shape index (κ2) is 8.92. The van der Waals surface area contributed by atoms with Gasteiger partial charge in [0.25, 0.3) is 5.54 Å². The zero-order valence-corrected chi connectivity index (χ0v) is 19.9. The second-order valence-electron chi connectivity index (χ2n) is 9.05. The van der Waals surface area contributed by atoms with Crippen molar-refractivity contribution in [3.05, 3.63) is 71.2 Å². The zero-order valence-electron chi connectivity index (χ0n) is 19.9. The van der Waals surface area contributed by atoms with Crippen LogP contribution < -0.4 is 5.32 Å². The molecule has 3 aromatic rings. The van der Waals surface area contributed by atoms with Crippen LogP contribution in [0.15, 0.2) is 58.5 Å². The van der Waals surface area contributed by atoms with Gasteiger partial charge in [-0.05, 0) is 37.1 Å². The average molecular weight is 553 g/mol. The van der Waals surface area contributed by atoms with Gasteiger partial charge < -0.3 is 4.98 Å². The largest absolute Gasteiger partial charge is 0.423 e. The summed E-state index contributed by atoms with van der Waals surface area (Å²) in [6, 6.07) is 9.84. The predicted molar refractivity (Wildman–Crippen MR) is 126 cm³/mol. The SMILES string of the molecule is Cc1[nH]c2ccccc2c1CCN1C(=O)NC(=O)C2C1=NC(c1ccccc1F)=NC2(C(F)(F)F)C(F)(F)F. The standard InChI is InChI=1S/C25H18F7N5O2/c1-12-13(14-6-3-5-9-17(14)33-12)10-11-37-20-18(21(38)35-22(37)39)23(24(27,28)29,25(30,31)32)36-19(34-20)15-7-2-4-8-16(15)26/h2-9,18,33H,10-11H2,1H3,(H,35,38,39). The number of urea groups is 1. The Morgan fingerprint density at radius 1 is 0.974 bits per heavy atom. The number of aryl methyl sites for hydroxylation is 1. The van der Waals surface area contributed by atoms with Gasteiger partial charge >= 0.3 is 18.4 Å². The van der Waals surface area contributed by atoms with E-state index in [0.717, 1.165) is 23.0 Å². The van der Waals surface area contributed by atoms with Gasteiger partial charge in [-0.15, -0.1) is 0 Å². The molecule has 204 valence electrons. The Bertz CT molecular complexity index is 1540. The Hall–Kier alpha value is -4.23. The number of rotatable bonds is 4. The Morgan fingerprint density at radius 3 is 2.28 bits per heavy atom. The van der Waals surface area contributed by atoms with Crippen molar-refractivity contribution in [2.75, 3.05) is 6.54 Å². The quantitative estimate of drug-likeness (QED) is 0.443. The van der Waals surface area contributed by atoms with Crippen LogP contribution in [-0.4, -0.2) is 57.9 Å². The molecule has 14 heteroatoms. The molecule has 0 saturated carbocycles. The van der Waals surface area contributed by atoms with Crippen molar-refractivity contribution in [2.24, 2.45) is 15.9 Å². The summed E-state index contributed by atoms with van der Waals surface area (Å²) in [4.78, 5) is 35.8. The number of H-pyrrole nitrogens is 1. The molecule has 2 aliphatic rings. The summed E-state index contributed by atoms with van der Waals surface area (Å²) < 4.78 is 101. The molecular formula is C25H18F7N5O2. The monoisotopic (exact) mass is 553 g/mol. The highest BCUT2D eigenvalue weighted by Gasteiger charge is 2.79. The number of hydrogen-bond donors (Lipinski definition) is 2. The number of aliphatic imine (C=N–C) groups is 2. The molecule has 1 unspecified atom stereocenters. The summed E-state index contributed by atoms with van der Waals surface area (Å²) in [5.41, 5.74) is -3.73. The average Bonchev–Trinajstić information content (AvgIpc) is 3.16. The van der Waals surface area contributed by atoms with Gasteiger partial charge in [-0.1, -0.05) is 30.3 Å². The van der Waals surface area contributed by atoms with Crippen molar-refractivity contribution in [3.8, 4) is 0 Å². The van der Waals surface area contributed by atoms with E-state index in [9.17, 15) is 40.3 Å². The van der Waals surface area contributed by atoms with Gasteiger partial charge in [0.2, 0.25) is 5.91 Å². The number of para-hydroxylation sites is 1. The lowest BCUT2D eigenvalue weighted by atomic mass is 9.78. The lowest BCUT2D eigenvalue weighted by Crippen LogP contribution is -2.73. The van der Waals surface area contributed by atoms with E-state index in [4.69, 9.17) is 0 Å². The maximum absolute atomic E-state index is 14.5. The molecule has 0 spiro atoms. The second-order valence-corrected chi connectivity index (χ2v) is 9.05. The minimum atomic E-state index is -6.18. The summed E-state index contributed by atoms with van der Waals surface area (Å²) in [6.45, 7) is 1.28. The number of imide groups is 1. The molecule has 1 atom stereocenters. The van der Waals surface area contributed by atoms with E-state index in [0.29, 0.717) is 16.2 Å². The smallest absolute Gasteiger partial charge is 0.358 e. The first-order chi connectivity index (χ1) is 18.3. The van der Waals surface area contributed by atoms with Crippen molar-refractivity contribution in [1.29, 1.82) is 0 Å². The summed E-state index contributed by atoms with van der Waals surface area (Å²) in [5.74, 6) is -8.52. The fourth-order valence-corrected chi connectivity index (χ4v) is 4.96. The van der Waals surface area contributed by atoms with Gasteiger partial charge in [0.05, 0.1) is 5.56 Å². The number of carbonyl (C=O) groups is 2. The number of hydrogen-bond acceptors (Lipinski definition) is 4. The van der Waals surface area contributed by atoms with Gasteiger partial charge in [0.15, 0.2) is 5.84 Å². The number of aromatic nitrogens is 1. The van der Waals surface area contributed by atoms with Crippen LogP contribution in [0.4, 0.5) is 35.5 Å². The third-order valence-electron chi connectivity index (χ3n) is 6.78. The highest BCUT2D eigenvalue weighted by atomic mass is 19.4. The molecule has 2 aromatic carbocycles. The number of aromatic amines is 1. The summed E-state index contributed by atoms with van der Waals surface area (Å²) in [7, 11) is 0. The molecular weight excluding hydrogens is 535 g/mol. The third-order valence-corrected chi connectivity index (χ3v) is 6.78. The molecule has 0 aliphatic carbocycles. The van der Waals surface area contributed by atoms with E-state index in [1.165, 1.54) is 12.1 Å². The van der Waals surface area contributed by atoms with Gasteiger partial charge in [0.1, 0.15) is 17.6 Å². The van der Waals surface area contributed by atoms with Crippen LogP contribution in [0.25, 0.3) is 10.9 Å². The Balaban J connectivity index is 1.68. The molecule has 1 fully saturated rings. The maximum atomic E-state index is 14.5. The van der Waals surface area contributed by atoms with E-state index in [-0.39, 0.29) is 6.42 Å². The van der Waals surface area contributed by atoms with Crippen LogP contribution in [0.3, 0.4) is 0 Å². The van der Waals surface area contributed by atoms with Crippen LogP contribution in [-0.2, 0) is 11.2 Å². The molecule has 0 radical (unpaired) electrons. The number of benzene rings is 2. The first-order valence-electron chi connectivity index (χ1n) is 11.5. The van der Waals surface area contributed by atoms with Crippen LogP contribution in [0.5, 0.6) is 0 Å². The number of amides is 3. The van der Waals surface area contributed by atoms with Crippen LogP contribution in [0, 0.1) is 18.7 Å². The fraction of sp³-hybridized carbons (Fsp3) is 0.280. The summed E-state index contributed by atoms with van der Waals surface area (Å²) in [5, 5.41) is 2.33. The number of amidine groups is 2.